The van der Waals surface area contributed by atoms with E-state index in [1.165, 1.54) is 17.0 Å². The van der Waals surface area contributed by atoms with E-state index in [0.717, 1.165) is 4.90 Å². The van der Waals surface area contributed by atoms with Gasteiger partial charge in [-0.2, -0.15) is 10.5 Å². The lowest BCUT2D eigenvalue weighted by atomic mass is 10.1. The maximum absolute atomic E-state index is 12.2. The molecule has 12 nitrogen and oxygen atoms in total. The van der Waals surface area contributed by atoms with Crippen molar-refractivity contribution >= 4 is 58.6 Å². The SMILES string of the molecule is CCN(C(=O)NC(C)(C)C)C(N)=Nc1ccc(C#N)cc1Cl.CCN(C(N)=O)C(N)=Nc1ccc(C#N)cc1Cl. The van der Waals surface area contributed by atoms with Crippen molar-refractivity contribution in [1.29, 1.82) is 10.5 Å². The number of nitrogens with zero attached hydrogens (tertiary/aromatic N) is 6. The van der Waals surface area contributed by atoms with Gasteiger partial charge in [-0.25, -0.2) is 19.6 Å². The molecule has 2 aromatic rings. The molecule has 0 spiro atoms. The van der Waals surface area contributed by atoms with E-state index < -0.39 is 6.03 Å². The minimum absolute atomic E-state index is 0.0378. The van der Waals surface area contributed by atoms with E-state index >= 15 is 0 Å². The average Bonchev–Trinajstić information content (AvgIpc) is 2.86. The highest BCUT2D eigenvalue weighted by Gasteiger charge is 2.21. The third kappa shape index (κ3) is 10.3. The molecule has 0 heterocycles. The van der Waals surface area contributed by atoms with Crippen LogP contribution >= 0.6 is 23.2 Å². The molecule has 14 heteroatoms. The van der Waals surface area contributed by atoms with Gasteiger partial charge in [0.2, 0.25) is 11.9 Å². The fourth-order valence-corrected chi connectivity index (χ4v) is 3.38. The van der Waals surface area contributed by atoms with Crippen LogP contribution in [0.5, 0.6) is 0 Å². The zero-order valence-electron chi connectivity index (χ0n) is 22.9. The fraction of sp³-hybridized carbons (Fsp3) is 0.308. The van der Waals surface area contributed by atoms with Crippen LogP contribution in [0.15, 0.2) is 46.4 Å². The lowest BCUT2D eigenvalue weighted by Gasteiger charge is -2.26. The highest BCUT2D eigenvalue weighted by molar-refractivity contribution is 6.33. The van der Waals surface area contributed by atoms with E-state index in [-0.39, 0.29) is 28.5 Å². The summed E-state index contributed by atoms with van der Waals surface area (Å²) < 4.78 is 0. The Hall–Kier alpha value is -4.52. The molecule has 0 aliphatic heterocycles. The number of rotatable bonds is 4. The monoisotopic (exact) mass is 586 g/mol. The number of hydrogen-bond donors (Lipinski definition) is 4. The van der Waals surface area contributed by atoms with Crippen LogP contribution < -0.4 is 22.5 Å². The van der Waals surface area contributed by atoms with Crippen LogP contribution in [0.4, 0.5) is 21.0 Å². The summed E-state index contributed by atoms with van der Waals surface area (Å²) in [4.78, 5) is 33.8. The first kappa shape index (κ1) is 33.5. The van der Waals surface area contributed by atoms with Crippen LogP contribution in [0.2, 0.25) is 10.0 Å². The molecule has 40 heavy (non-hydrogen) atoms. The van der Waals surface area contributed by atoms with Crippen molar-refractivity contribution in [2.75, 3.05) is 13.1 Å². The topological polar surface area (TPSA) is 203 Å². The van der Waals surface area contributed by atoms with Crippen LogP contribution in [-0.2, 0) is 0 Å². The fourth-order valence-electron chi connectivity index (χ4n) is 2.93. The minimum atomic E-state index is -0.691. The van der Waals surface area contributed by atoms with Gasteiger partial charge in [-0.05, 0) is 71.0 Å². The number of primary amides is 1. The van der Waals surface area contributed by atoms with Crippen LogP contribution in [0.3, 0.4) is 0 Å². The van der Waals surface area contributed by atoms with Gasteiger partial charge >= 0.3 is 12.1 Å². The molecule has 0 radical (unpaired) electrons. The quantitative estimate of drug-likeness (QED) is 0.298. The molecule has 0 saturated heterocycles. The number of benzene rings is 2. The Morgan fingerprint density at radius 3 is 1.55 bits per heavy atom. The summed E-state index contributed by atoms with van der Waals surface area (Å²) in [6.07, 6.45) is 0. The van der Waals surface area contributed by atoms with E-state index in [4.69, 9.17) is 50.9 Å². The number of halogens is 2. The molecule has 2 rings (SSSR count). The van der Waals surface area contributed by atoms with Crippen molar-refractivity contribution in [2.24, 2.45) is 27.2 Å². The third-order valence-electron chi connectivity index (χ3n) is 4.80. The molecule has 0 aliphatic carbocycles. The molecule has 2 aromatic carbocycles. The lowest BCUT2D eigenvalue weighted by molar-refractivity contribution is 0.212. The molecule has 0 aliphatic rings. The molecule has 0 bridgehead atoms. The van der Waals surface area contributed by atoms with Gasteiger partial charge in [0.15, 0.2) is 0 Å². The van der Waals surface area contributed by atoms with Crippen LogP contribution in [0.25, 0.3) is 0 Å². The molecule has 0 fully saturated rings. The van der Waals surface area contributed by atoms with Crippen molar-refractivity contribution in [2.45, 2.75) is 40.2 Å². The Bertz CT molecular complexity index is 1370. The molecule has 0 unspecified atom stereocenters. The highest BCUT2D eigenvalue weighted by Crippen LogP contribution is 2.26. The van der Waals surface area contributed by atoms with E-state index in [1.54, 1.807) is 38.1 Å². The number of nitrogens with one attached hydrogen (secondary N) is 1. The first-order valence-corrected chi connectivity index (χ1v) is 12.7. The summed E-state index contributed by atoms with van der Waals surface area (Å²) in [5, 5.41) is 20.9. The standard InChI is InChI=1S/C15H20ClN5O.C11H12ClN5O/c1-5-21(14(22)20-15(2,3)4)13(18)19-12-7-6-10(9-17)8-11(12)16;1-2-17(11(15)18)10(14)16-9-4-3-7(6-13)5-8(9)12/h6-8H,5H2,1-4H3,(H2,18,19)(H,20,22);3-5H,2H2,1H3,(H2,14,16)(H2,15,18). The summed E-state index contributed by atoms with van der Waals surface area (Å²) in [6, 6.07) is 12.2. The Labute approximate surface area is 243 Å². The number of guanidine groups is 2. The van der Waals surface area contributed by atoms with Crippen molar-refractivity contribution in [3.63, 3.8) is 0 Å². The van der Waals surface area contributed by atoms with E-state index in [0.29, 0.717) is 40.6 Å². The summed E-state index contributed by atoms with van der Waals surface area (Å²) in [7, 11) is 0. The van der Waals surface area contributed by atoms with Crippen molar-refractivity contribution in [3.8, 4) is 12.1 Å². The van der Waals surface area contributed by atoms with Gasteiger partial charge in [0.05, 0.1) is 44.7 Å². The van der Waals surface area contributed by atoms with Crippen LogP contribution in [-0.4, -0.2) is 52.4 Å². The van der Waals surface area contributed by atoms with Gasteiger partial charge in [0.1, 0.15) is 0 Å². The zero-order chi connectivity index (χ0) is 30.6. The highest BCUT2D eigenvalue weighted by atomic mass is 35.5. The normalized spacial score (nSPS) is 11.3. The minimum Gasteiger partial charge on any atom is -0.369 e. The maximum atomic E-state index is 12.2. The van der Waals surface area contributed by atoms with Gasteiger partial charge in [-0.1, -0.05) is 23.2 Å². The van der Waals surface area contributed by atoms with Gasteiger partial charge < -0.3 is 22.5 Å². The summed E-state index contributed by atoms with van der Waals surface area (Å²) >= 11 is 12.0. The first-order chi connectivity index (χ1) is 18.7. The third-order valence-corrected chi connectivity index (χ3v) is 5.41. The number of urea groups is 2. The van der Waals surface area contributed by atoms with Gasteiger partial charge in [0.25, 0.3) is 0 Å². The van der Waals surface area contributed by atoms with E-state index in [1.807, 2.05) is 32.9 Å². The van der Waals surface area contributed by atoms with Gasteiger partial charge in [-0.15, -0.1) is 0 Å². The van der Waals surface area contributed by atoms with Crippen molar-refractivity contribution in [3.05, 3.63) is 57.6 Å². The number of aliphatic imine (C=N–C) groups is 2. The first-order valence-electron chi connectivity index (χ1n) is 11.9. The molecular weight excluding hydrogens is 555 g/mol. The summed E-state index contributed by atoms with van der Waals surface area (Å²) in [5.74, 6) is -0.00698. The smallest absolute Gasteiger partial charge is 0.324 e. The molecule has 4 amide bonds. The second-order valence-corrected chi connectivity index (χ2v) is 9.82. The lowest BCUT2D eigenvalue weighted by Crippen LogP contribution is -2.52. The number of amides is 4. The van der Waals surface area contributed by atoms with Crippen molar-refractivity contribution < 1.29 is 9.59 Å². The van der Waals surface area contributed by atoms with E-state index in [2.05, 4.69) is 15.3 Å². The van der Waals surface area contributed by atoms with Gasteiger partial charge in [-0.3, -0.25) is 9.80 Å². The number of carbonyl (C=O) groups is 2. The number of carbonyl (C=O) groups excluding carboxylic acids is 2. The van der Waals surface area contributed by atoms with Crippen LogP contribution in [0, 0.1) is 22.7 Å². The van der Waals surface area contributed by atoms with Crippen LogP contribution in [0.1, 0.15) is 45.7 Å². The predicted octanol–water partition coefficient (Wildman–Crippen LogP) is 4.55. The molecular formula is C26H32Cl2N10O2. The predicted molar refractivity (Wildman–Crippen MR) is 158 cm³/mol. The summed E-state index contributed by atoms with van der Waals surface area (Å²) in [6.45, 7) is 9.82. The largest absolute Gasteiger partial charge is 0.369 e. The zero-order valence-corrected chi connectivity index (χ0v) is 24.4. The van der Waals surface area contributed by atoms with Gasteiger partial charge in [0, 0.05) is 18.6 Å². The Morgan fingerprint density at radius 1 is 0.850 bits per heavy atom. The summed E-state index contributed by atoms with van der Waals surface area (Å²) in [5.41, 5.74) is 17.9. The Kier molecular flexibility index (Phi) is 12.7. The number of nitriles is 2. The van der Waals surface area contributed by atoms with Crippen molar-refractivity contribution in [1.82, 2.24) is 15.1 Å². The average molecular weight is 588 g/mol. The molecule has 7 N–H and O–H groups in total. The Morgan fingerprint density at radius 2 is 1.25 bits per heavy atom. The number of nitrogens with two attached hydrogens (primary N) is 3. The second-order valence-electron chi connectivity index (χ2n) is 9.00. The molecule has 0 saturated carbocycles. The molecule has 0 atom stereocenters. The maximum Gasteiger partial charge on any atom is 0.324 e. The number of hydrogen-bond acceptors (Lipinski definition) is 6. The Balaban J connectivity index is 0.000000408. The van der Waals surface area contributed by atoms with E-state index in [9.17, 15) is 9.59 Å². The molecule has 212 valence electrons. The second kappa shape index (κ2) is 15.2. The molecule has 0 aromatic heterocycles.